The zero-order valence-electron chi connectivity index (χ0n) is 24.1. The molecule has 0 saturated carbocycles. The second-order valence-electron chi connectivity index (χ2n) is 11.1. The summed E-state index contributed by atoms with van der Waals surface area (Å²) in [4.78, 5) is 11.8. The topological polar surface area (TPSA) is 78.4 Å². The van der Waals surface area contributed by atoms with Crippen molar-refractivity contribution in [3.63, 3.8) is 0 Å². The van der Waals surface area contributed by atoms with E-state index in [4.69, 9.17) is 20.2 Å². The molecule has 7 nitrogen and oxygen atoms in total. The maximum atomic E-state index is 6.28. The van der Waals surface area contributed by atoms with E-state index in [1.807, 2.05) is 45.4 Å². The SMILES string of the molecule is Cc1cn(-c2cc(CN3CCCC(N)C3)cc(-c3cc(-c4ccc(OCCOC(C)C)cc4)c(C)cn3)c2)cn1. The molecule has 1 saturated heterocycles. The Morgan fingerprint density at radius 2 is 1.82 bits per heavy atom. The Hall–Kier alpha value is -3.52. The number of aromatic nitrogens is 3. The first kappa shape index (κ1) is 28.0. The molecule has 40 heavy (non-hydrogen) atoms. The Kier molecular flexibility index (Phi) is 8.94. The molecule has 7 heteroatoms. The monoisotopic (exact) mass is 539 g/mol. The molecule has 2 aromatic heterocycles. The van der Waals surface area contributed by atoms with Crippen molar-refractivity contribution in [2.45, 2.75) is 59.2 Å². The number of aryl methyl sites for hydroxylation is 2. The normalized spacial score (nSPS) is 16.0. The number of pyridine rings is 1. The third-order valence-electron chi connectivity index (χ3n) is 7.30. The molecule has 210 valence electrons. The van der Waals surface area contributed by atoms with Crippen molar-refractivity contribution in [3.05, 3.63) is 84.1 Å². The molecule has 0 amide bonds. The van der Waals surface area contributed by atoms with Crippen molar-refractivity contribution < 1.29 is 9.47 Å². The molecule has 0 radical (unpaired) electrons. The number of piperidine rings is 1. The van der Waals surface area contributed by atoms with E-state index in [1.165, 1.54) is 5.56 Å². The summed E-state index contributed by atoms with van der Waals surface area (Å²) in [6.45, 7) is 12.2. The number of ether oxygens (including phenoxy) is 2. The minimum Gasteiger partial charge on any atom is -0.491 e. The largest absolute Gasteiger partial charge is 0.491 e. The van der Waals surface area contributed by atoms with Gasteiger partial charge in [-0.1, -0.05) is 12.1 Å². The Morgan fingerprint density at radius 1 is 1.00 bits per heavy atom. The third kappa shape index (κ3) is 7.16. The average Bonchev–Trinajstić information content (AvgIpc) is 3.38. The van der Waals surface area contributed by atoms with Crippen LogP contribution in [0.2, 0.25) is 0 Å². The van der Waals surface area contributed by atoms with Crippen LogP contribution in [0.4, 0.5) is 0 Å². The molecule has 3 heterocycles. The fraction of sp³-hybridized carbons (Fsp3) is 0.394. The van der Waals surface area contributed by atoms with Gasteiger partial charge in [0, 0.05) is 42.8 Å². The molecular weight excluding hydrogens is 498 g/mol. The van der Waals surface area contributed by atoms with E-state index < -0.39 is 0 Å². The van der Waals surface area contributed by atoms with Crippen LogP contribution in [0.15, 0.2) is 67.3 Å². The van der Waals surface area contributed by atoms with E-state index in [9.17, 15) is 0 Å². The highest BCUT2D eigenvalue weighted by atomic mass is 16.5. The minimum atomic E-state index is 0.207. The molecule has 2 aromatic carbocycles. The van der Waals surface area contributed by atoms with Crippen LogP contribution in [0.3, 0.4) is 0 Å². The lowest BCUT2D eigenvalue weighted by Crippen LogP contribution is -2.42. The molecule has 1 fully saturated rings. The predicted octanol–water partition coefficient (Wildman–Crippen LogP) is 5.95. The molecule has 0 aliphatic carbocycles. The highest BCUT2D eigenvalue weighted by Gasteiger charge is 2.18. The summed E-state index contributed by atoms with van der Waals surface area (Å²) in [7, 11) is 0. The van der Waals surface area contributed by atoms with E-state index >= 15 is 0 Å². The quantitative estimate of drug-likeness (QED) is 0.251. The van der Waals surface area contributed by atoms with Gasteiger partial charge in [0.1, 0.15) is 12.4 Å². The summed E-state index contributed by atoms with van der Waals surface area (Å²) in [5.74, 6) is 0.841. The number of likely N-dealkylation sites (tertiary alicyclic amines) is 1. The lowest BCUT2D eigenvalue weighted by molar-refractivity contribution is 0.0553. The number of hydrogen-bond donors (Lipinski definition) is 1. The summed E-state index contributed by atoms with van der Waals surface area (Å²) in [6.07, 6.45) is 8.36. The maximum Gasteiger partial charge on any atom is 0.119 e. The van der Waals surface area contributed by atoms with E-state index in [-0.39, 0.29) is 12.1 Å². The van der Waals surface area contributed by atoms with Crippen molar-refractivity contribution in [2.24, 2.45) is 5.73 Å². The first-order chi connectivity index (χ1) is 19.3. The standard InChI is InChI=1S/C33H41N5O2/c1-23(2)39-12-13-40-31-9-7-27(8-10-31)32-17-33(35-18-24(32)3)28-14-26(20-37-11-5-6-29(34)21-37)15-30(16-28)38-19-25(4)36-22-38/h7-10,14-19,22-23,29H,5-6,11-13,20-21,34H2,1-4H3. The first-order valence-electron chi connectivity index (χ1n) is 14.3. The van der Waals surface area contributed by atoms with Gasteiger partial charge >= 0.3 is 0 Å². The number of benzene rings is 2. The number of rotatable bonds is 10. The van der Waals surface area contributed by atoms with Gasteiger partial charge in [0.05, 0.1) is 30.4 Å². The van der Waals surface area contributed by atoms with Gasteiger partial charge in [0.15, 0.2) is 0 Å². The summed E-state index contributed by atoms with van der Waals surface area (Å²) in [5.41, 5.74) is 15.1. The fourth-order valence-electron chi connectivity index (χ4n) is 5.28. The molecule has 1 aliphatic heterocycles. The highest BCUT2D eigenvalue weighted by molar-refractivity contribution is 5.74. The molecule has 0 bridgehead atoms. The number of nitrogens with two attached hydrogens (primary N) is 1. The molecular formula is C33H41N5O2. The van der Waals surface area contributed by atoms with E-state index in [2.05, 4.69) is 64.0 Å². The summed E-state index contributed by atoms with van der Waals surface area (Å²) in [5, 5.41) is 0. The highest BCUT2D eigenvalue weighted by Crippen LogP contribution is 2.31. The van der Waals surface area contributed by atoms with Gasteiger partial charge in [0.25, 0.3) is 0 Å². The number of hydrogen-bond acceptors (Lipinski definition) is 6. The Bertz CT molecular complexity index is 1410. The molecule has 2 N–H and O–H groups in total. The van der Waals surface area contributed by atoms with Crippen molar-refractivity contribution >= 4 is 0 Å². The zero-order valence-corrected chi connectivity index (χ0v) is 24.1. The molecule has 5 rings (SSSR count). The van der Waals surface area contributed by atoms with Gasteiger partial charge in [-0.05, 0) is 106 Å². The minimum absolute atomic E-state index is 0.207. The van der Waals surface area contributed by atoms with Gasteiger partial charge in [-0.15, -0.1) is 0 Å². The van der Waals surface area contributed by atoms with Crippen LogP contribution >= 0.6 is 0 Å². The van der Waals surface area contributed by atoms with Crippen LogP contribution < -0.4 is 10.5 Å². The number of nitrogens with zero attached hydrogens (tertiary/aromatic N) is 4. The molecule has 0 spiro atoms. The Labute approximate surface area is 238 Å². The van der Waals surface area contributed by atoms with Crippen molar-refractivity contribution in [2.75, 3.05) is 26.3 Å². The Morgan fingerprint density at radius 3 is 2.55 bits per heavy atom. The molecule has 4 aromatic rings. The maximum absolute atomic E-state index is 6.28. The van der Waals surface area contributed by atoms with Gasteiger partial charge in [-0.2, -0.15) is 0 Å². The van der Waals surface area contributed by atoms with Gasteiger partial charge in [-0.3, -0.25) is 9.88 Å². The molecule has 1 aliphatic rings. The van der Waals surface area contributed by atoms with Crippen LogP contribution in [0.25, 0.3) is 28.1 Å². The smallest absolute Gasteiger partial charge is 0.119 e. The van der Waals surface area contributed by atoms with Crippen LogP contribution in [0, 0.1) is 13.8 Å². The van der Waals surface area contributed by atoms with Gasteiger partial charge in [-0.25, -0.2) is 4.98 Å². The predicted molar refractivity (Wildman–Crippen MR) is 161 cm³/mol. The van der Waals surface area contributed by atoms with Gasteiger partial charge in [0.2, 0.25) is 0 Å². The summed E-state index contributed by atoms with van der Waals surface area (Å²) < 4.78 is 13.5. The summed E-state index contributed by atoms with van der Waals surface area (Å²) in [6, 6.07) is 17.4. The van der Waals surface area contributed by atoms with Crippen LogP contribution in [0.1, 0.15) is 43.5 Å². The first-order valence-corrected chi connectivity index (χ1v) is 14.3. The lowest BCUT2D eigenvalue weighted by Gasteiger charge is -2.30. The van der Waals surface area contributed by atoms with Crippen LogP contribution in [-0.4, -0.2) is 57.9 Å². The van der Waals surface area contributed by atoms with Gasteiger partial charge < -0.3 is 19.8 Å². The summed E-state index contributed by atoms with van der Waals surface area (Å²) >= 11 is 0. The Balaban J connectivity index is 1.42. The fourth-order valence-corrected chi connectivity index (χ4v) is 5.28. The van der Waals surface area contributed by atoms with Crippen LogP contribution in [-0.2, 0) is 11.3 Å². The van der Waals surface area contributed by atoms with E-state index in [0.717, 1.165) is 77.6 Å². The zero-order chi connectivity index (χ0) is 28.1. The second-order valence-corrected chi connectivity index (χ2v) is 11.1. The lowest BCUT2D eigenvalue weighted by atomic mass is 9.98. The number of imidazole rings is 1. The van der Waals surface area contributed by atoms with Crippen molar-refractivity contribution in [3.8, 4) is 33.8 Å². The third-order valence-corrected chi connectivity index (χ3v) is 7.30. The van der Waals surface area contributed by atoms with Crippen molar-refractivity contribution in [1.29, 1.82) is 0 Å². The second kappa shape index (κ2) is 12.8. The van der Waals surface area contributed by atoms with E-state index in [1.54, 1.807) is 0 Å². The molecule has 1 atom stereocenters. The van der Waals surface area contributed by atoms with E-state index in [0.29, 0.717) is 13.2 Å². The van der Waals surface area contributed by atoms with Crippen molar-refractivity contribution in [1.82, 2.24) is 19.4 Å². The molecule has 1 unspecified atom stereocenters. The van der Waals surface area contributed by atoms with Crippen LogP contribution in [0.5, 0.6) is 5.75 Å². The average molecular weight is 540 g/mol.